The molecule has 2 saturated heterocycles. The topological polar surface area (TPSA) is 9.23 Å². The molecule has 2 fully saturated rings. The van der Waals surface area contributed by atoms with Gasteiger partial charge in [-0.2, -0.15) is 0 Å². The molecule has 1 nitrogen and oxygen atoms in total. The standard InChI is InChI=1S/C7H11IO/c8-5-3-6-1-2-7(4-5)9-6/h5-7H,1-4H2. The predicted molar refractivity (Wildman–Crippen MR) is 44.9 cm³/mol. The Morgan fingerprint density at radius 1 is 1.11 bits per heavy atom. The van der Waals surface area contributed by atoms with Gasteiger partial charge in [0.05, 0.1) is 12.2 Å². The quantitative estimate of drug-likeness (QED) is 0.464. The van der Waals surface area contributed by atoms with Gasteiger partial charge in [-0.25, -0.2) is 0 Å². The highest BCUT2D eigenvalue weighted by atomic mass is 127. The Hall–Kier alpha value is 0.690. The maximum absolute atomic E-state index is 5.66. The fourth-order valence-electron chi connectivity index (χ4n) is 1.79. The maximum Gasteiger partial charge on any atom is 0.0589 e. The summed E-state index contributed by atoms with van der Waals surface area (Å²) in [7, 11) is 0. The molecule has 2 heterocycles. The van der Waals surface area contributed by atoms with Crippen LogP contribution in [-0.2, 0) is 4.74 Å². The predicted octanol–water partition coefficient (Wildman–Crippen LogP) is 2.13. The Labute approximate surface area is 69.3 Å². The molecular formula is C7H11IO. The monoisotopic (exact) mass is 238 g/mol. The SMILES string of the molecule is IC1CC2CCC(C1)O2. The maximum atomic E-state index is 5.66. The van der Waals surface area contributed by atoms with E-state index < -0.39 is 0 Å². The normalized spacial score (nSPS) is 49.7. The minimum Gasteiger partial charge on any atom is -0.375 e. The van der Waals surface area contributed by atoms with Gasteiger partial charge in [-0.05, 0) is 25.7 Å². The van der Waals surface area contributed by atoms with Crippen LogP contribution in [0.1, 0.15) is 25.7 Å². The van der Waals surface area contributed by atoms with Gasteiger partial charge < -0.3 is 4.74 Å². The van der Waals surface area contributed by atoms with Crippen molar-refractivity contribution in [3.05, 3.63) is 0 Å². The zero-order valence-corrected chi connectivity index (χ0v) is 7.50. The molecule has 2 rings (SSSR count). The number of hydrogen-bond donors (Lipinski definition) is 0. The Kier molecular flexibility index (Phi) is 1.69. The molecule has 0 amide bonds. The molecule has 2 aliphatic rings. The summed E-state index contributed by atoms with van der Waals surface area (Å²) >= 11 is 2.55. The summed E-state index contributed by atoms with van der Waals surface area (Å²) in [4.78, 5) is 0. The van der Waals surface area contributed by atoms with Crippen LogP contribution in [0, 0.1) is 0 Å². The van der Waals surface area contributed by atoms with Crippen LogP contribution in [0.4, 0.5) is 0 Å². The first-order chi connectivity index (χ1) is 4.34. The minimum atomic E-state index is 0.630. The molecule has 0 N–H and O–H groups in total. The number of hydrogen-bond acceptors (Lipinski definition) is 1. The van der Waals surface area contributed by atoms with E-state index in [1.807, 2.05) is 0 Å². The summed E-state index contributed by atoms with van der Waals surface area (Å²) in [6.45, 7) is 0. The van der Waals surface area contributed by atoms with Gasteiger partial charge in [-0.15, -0.1) is 0 Å². The second kappa shape index (κ2) is 2.38. The molecule has 0 aromatic rings. The lowest BCUT2D eigenvalue weighted by molar-refractivity contribution is 0.0107. The highest BCUT2D eigenvalue weighted by Crippen LogP contribution is 2.35. The molecule has 2 heteroatoms. The lowest BCUT2D eigenvalue weighted by Crippen LogP contribution is -2.24. The van der Waals surface area contributed by atoms with Crippen molar-refractivity contribution in [3.8, 4) is 0 Å². The molecular weight excluding hydrogens is 227 g/mol. The number of fused-ring (bicyclic) bond motifs is 2. The third-order valence-corrected chi connectivity index (χ3v) is 3.25. The van der Waals surface area contributed by atoms with Gasteiger partial charge in [0.2, 0.25) is 0 Å². The molecule has 0 aromatic carbocycles. The summed E-state index contributed by atoms with van der Waals surface area (Å²) in [5.41, 5.74) is 0. The van der Waals surface area contributed by atoms with Crippen molar-refractivity contribution in [1.82, 2.24) is 0 Å². The van der Waals surface area contributed by atoms with Crippen LogP contribution in [0.5, 0.6) is 0 Å². The van der Waals surface area contributed by atoms with Crippen LogP contribution in [-0.4, -0.2) is 16.1 Å². The van der Waals surface area contributed by atoms with Gasteiger partial charge in [-0.3, -0.25) is 0 Å². The van der Waals surface area contributed by atoms with E-state index in [2.05, 4.69) is 22.6 Å². The first-order valence-corrected chi connectivity index (χ1v) is 4.88. The summed E-state index contributed by atoms with van der Waals surface area (Å²) in [5.74, 6) is 0. The third-order valence-electron chi connectivity index (χ3n) is 2.23. The molecule has 52 valence electrons. The van der Waals surface area contributed by atoms with Crippen LogP contribution < -0.4 is 0 Å². The average Bonchev–Trinajstić information content (AvgIpc) is 2.11. The first-order valence-electron chi connectivity index (χ1n) is 3.64. The molecule has 0 aromatic heterocycles. The Morgan fingerprint density at radius 2 is 1.67 bits per heavy atom. The molecule has 0 aliphatic carbocycles. The minimum absolute atomic E-state index is 0.630. The first kappa shape index (κ1) is 6.40. The molecule has 2 aliphatic heterocycles. The second-order valence-electron chi connectivity index (χ2n) is 3.03. The van der Waals surface area contributed by atoms with Gasteiger partial charge in [0, 0.05) is 3.92 Å². The van der Waals surface area contributed by atoms with Crippen molar-refractivity contribution < 1.29 is 4.74 Å². The number of ether oxygens (including phenoxy) is 1. The van der Waals surface area contributed by atoms with E-state index in [-0.39, 0.29) is 0 Å². The van der Waals surface area contributed by atoms with Gasteiger partial charge in [0.25, 0.3) is 0 Å². The third kappa shape index (κ3) is 1.24. The van der Waals surface area contributed by atoms with Crippen molar-refractivity contribution in [2.45, 2.75) is 41.8 Å². The van der Waals surface area contributed by atoms with Gasteiger partial charge >= 0.3 is 0 Å². The molecule has 0 spiro atoms. The number of rotatable bonds is 0. The Bertz CT molecular complexity index is 103. The van der Waals surface area contributed by atoms with Crippen molar-refractivity contribution in [1.29, 1.82) is 0 Å². The van der Waals surface area contributed by atoms with E-state index >= 15 is 0 Å². The van der Waals surface area contributed by atoms with E-state index in [1.165, 1.54) is 25.7 Å². The summed E-state index contributed by atoms with van der Waals surface area (Å²) in [6, 6.07) is 0. The highest BCUT2D eigenvalue weighted by Gasteiger charge is 2.33. The molecule has 2 atom stereocenters. The number of alkyl halides is 1. The van der Waals surface area contributed by atoms with Crippen LogP contribution in [0.2, 0.25) is 0 Å². The van der Waals surface area contributed by atoms with Gasteiger partial charge in [0.15, 0.2) is 0 Å². The summed E-state index contributed by atoms with van der Waals surface area (Å²) < 4.78 is 6.56. The Balaban J connectivity index is 2.03. The average molecular weight is 238 g/mol. The lowest BCUT2D eigenvalue weighted by atomic mass is 10.1. The van der Waals surface area contributed by atoms with Crippen LogP contribution in [0.3, 0.4) is 0 Å². The van der Waals surface area contributed by atoms with E-state index in [0.717, 1.165) is 3.92 Å². The smallest absolute Gasteiger partial charge is 0.0589 e. The summed E-state index contributed by atoms with van der Waals surface area (Å²) in [6.07, 6.45) is 6.51. The molecule has 0 radical (unpaired) electrons. The van der Waals surface area contributed by atoms with E-state index in [0.29, 0.717) is 12.2 Å². The van der Waals surface area contributed by atoms with Crippen molar-refractivity contribution >= 4 is 22.6 Å². The van der Waals surface area contributed by atoms with Crippen molar-refractivity contribution in [3.63, 3.8) is 0 Å². The zero-order chi connectivity index (χ0) is 6.27. The van der Waals surface area contributed by atoms with E-state index in [4.69, 9.17) is 4.74 Å². The van der Waals surface area contributed by atoms with E-state index in [1.54, 1.807) is 0 Å². The summed E-state index contributed by atoms with van der Waals surface area (Å²) in [5, 5.41) is 0. The zero-order valence-electron chi connectivity index (χ0n) is 5.35. The molecule has 9 heavy (non-hydrogen) atoms. The van der Waals surface area contributed by atoms with Crippen LogP contribution >= 0.6 is 22.6 Å². The van der Waals surface area contributed by atoms with Crippen LogP contribution in [0.15, 0.2) is 0 Å². The van der Waals surface area contributed by atoms with Crippen molar-refractivity contribution in [2.24, 2.45) is 0 Å². The number of halogens is 1. The van der Waals surface area contributed by atoms with Gasteiger partial charge in [0.1, 0.15) is 0 Å². The fourth-order valence-corrected chi connectivity index (χ4v) is 2.93. The fraction of sp³-hybridized carbons (Fsp3) is 1.00. The molecule has 2 unspecified atom stereocenters. The highest BCUT2D eigenvalue weighted by molar-refractivity contribution is 14.1. The lowest BCUT2D eigenvalue weighted by Gasteiger charge is -2.23. The second-order valence-corrected chi connectivity index (χ2v) is 4.79. The van der Waals surface area contributed by atoms with Crippen molar-refractivity contribution in [2.75, 3.05) is 0 Å². The van der Waals surface area contributed by atoms with Gasteiger partial charge in [-0.1, -0.05) is 22.6 Å². The van der Waals surface area contributed by atoms with E-state index in [9.17, 15) is 0 Å². The molecule has 0 saturated carbocycles. The largest absolute Gasteiger partial charge is 0.375 e. The Morgan fingerprint density at radius 3 is 2.22 bits per heavy atom. The molecule has 2 bridgehead atoms. The van der Waals surface area contributed by atoms with Crippen LogP contribution in [0.25, 0.3) is 0 Å².